The average molecular weight is 542 g/mol. The first-order valence-corrected chi connectivity index (χ1v) is 14.0. The Morgan fingerprint density at radius 1 is 0.925 bits per heavy atom. The van der Waals surface area contributed by atoms with Crippen LogP contribution in [0, 0.1) is 17.8 Å². The van der Waals surface area contributed by atoms with Crippen LogP contribution in [0.3, 0.4) is 0 Å². The van der Waals surface area contributed by atoms with Gasteiger partial charge in [-0.3, -0.25) is 14.4 Å². The summed E-state index contributed by atoms with van der Waals surface area (Å²) in [6.45, 7) is 4.65. The molecule has 8 nitrogen and oxygen atoms in total. The highest BCUT2D eigenvalue weighted by molar-refractivity contribution is 6.04. The SMILES string of the molecule is CC(C)[C@H](CO)N1C(=O)[C@@H]2[C@@H]3C(=O)N(c4ccccc4)CC=C[C@@H]3O[C@@]23C=CCN(Cc2ccccc2)C(=O)C13. The molecule has 4 aliphatic heterocycles. The Kier molecular flexibility index (Phi) is 6.84. The largest absolute Gasteiger partial charge is 0.394 e. The third kappa shape index (κ3) is 4.09. The molecular weight excluding hydrogens is 506 g/mol. The minimum absolute atomic E-state index is 0.117. The lowest BCUT2D eigenvalue weighted by Crippen LogP contribution is -2.59. The van der Waals surface area contributed by atoms with Crippen molar-refractivity contribution < 1.29 is 24.2 Å². The highest BCUT2D eigenvalue weighted by atomic mass is 16.5. The number of carbonyl (C=O) groups is 3. The van der Waals surface area contributed by atoms with Crippen molar-refractivity contribution in [3.63, 3.8) is 0 Å². The lowest BCUT2D eigenvalue weighted by molar-refractivity contribution is -0.151. The number of ether oxygens (including phenoxy) is 1. The van der Waals surface area contributed by atoms with Gasteiger partial charge in [-0.05, 0) is 23.6 Å². The van der Waals surface area contributed by atoms with E-state index in [1.807, 2.05) is 98.8 Å². The Bertz CT molecular complexity index is 1340. The molecule has 0 aliphatic carbocycles. The van der Waals surface area contributed by atoms with Crippen molar-refractivity contribution in [1.82, 2.24) is 9.80 Å². The van der Waals surface area contributed by atoms with Crippen LogP contribution in [-0.2, 0) is 25.7 Å². The Morgan fingerprint density at radius 3 is 2.30 bits per heavy atom. The van der Waals surface area contributed by atoms with E-state index in [1.165, 1.54) is 4.90 Å². The van der Waals surface area contributed by atoms with E-state index in [2.05, 4.69) is 0 Å². The number of rotatable bonds is 6. The molecule has 40 heavy (non-hydrogen) atoms. The topological polar surface area (TPSA) is 90.4 Å². The summed E-state index contributed by atoms with van der Waals surface area (Å²) in [5, 5.41) is 10.4. The first kappa shape index (κ1) is 26.5. The summed E-state index contributed by atoms with van der Waals surface area (Å²) in [5.41, 5.74) is 0.399. The summed E-state index contributed by atoms with van der Waals surface area (Å²) < 4.78 is 6.73. The average Bonchev–Trinajstić information content (AvgIpc) is 3.27. The minimum Gasteiger partial charge on any atom is -0.394 e. The fraction of sp³-hybridized carbons (Fsp3) is 0.406. The third-order valence-corrected chi connectivity index (χ3v) is 8.78. The highest BCUT2D eigenvalue weighted by Crippen LogP contribution is 2.54. The number of aliphatic hydroxyl groups excluding tert-OH is 1. The molecular formula is C32H35N3O5. The van der Waals surface area contributed by atoms with Gasteiger partial charge in [0.2, 0.25) is 17.7 Å². The summed E-state index contributed by atoms with van der Waals surface area (Å²) in [4.78, 5) is 48.1. The molecule has 2 aromatic carbocycles. The second-order valence-electron chi connectivity index (χ2n) is 11.4. The number of amides is 3. The van der Waals surface area contributed by atoms with Gasteiger partial charge in [0.05, 0.1) is 30.6 Å². The van der Waals surface area contributed by atoms with Gasteiger partial charge >= 0.3 is 0 Å². The molecule has 6 atom stereocenters. The quantitative estimate of drug-likeness (QED) is 0.568. The van der Waals surface area contributed by atoms with Crippen molar-refractivity contribution in [1.29, 1.82) is 0 Å². The van der Waals surface area contributed by atoms with Crippen LogP contribution in [0.15, 0.2) is 85.0 Å². The molecule has 1 spiro atoms. The van der Waals surface area contributed by atoms with Crippen molar-refractivity contribution in [3.8, 4) is 0 Å². The lowest BCUT2D eigenvalue weighted by atomic mass is 9.77. The maximum absolute atomic E-state index is 14.5. The van der Waals surface area contributed by atoms with Gasteiger partial charge in [-0.25, -0.2) is 0 Å². The zero-order chi connectivity index (χ0) is 28.0. The number of carbonyl (C=O) groups excluding carboxylic acids is 3. The molecule has 6 rings (SSSR count). The van der Waals surface area contributed by atoms with E-state index in [0.29, 0.717) is 19.6 Å². The Labute approximate surface area is 234 Å². The molecule has 0 radical (unpaired) electrons. The van der Waals surface area contributed by atoms with E-state index in [-0.39, 0.29) is 30.2 Å². The summed E-state index contributed by atoms with van der Waals surface area (Å²) in [6.07, 6.45) is 6.86. The molecule has 0 bridgehead atoms. The maximum atomic E-state index is 14.5. The van der Waals surface area contributed by atoms with Crippen molar-refractivity contribution in [2.75, 3.05) is 24.6 Å². The standard InChI is InChI=1S/C32H35N3O5/c1-21(2)24(20-36)35-28-31(39)33(19-22-11-5-3-6-12-22)17-10-16-32(28)27(30(35)38)26-25(40-32)15-9-18-34(29(26)37)23-13-7-4-8-14-23/h3-16,21,24-28,36H,17-20H2,1-2H3/t24-,25-,26+,27-,28?,32-/m0/s1. The Morgan fingerprint density at radius 2 is 1.62 bits per heavy atom. The summed E-state index contributed by atoms with van der Waals surface area (Å²) in [6, 6.07) is 17.5. The fourth-order valence-corrected chi connectivity index (χ4v) is 6.89. The van der Waals surface area contributed by atoms with Crippen LogP contribution in [0.1, 0.15) is 19.4 Å². The van der Waals surface area contributed by atoms with Gasteiger partial charge in [0.15, 0.2) is 0 Å². The Hall–Kier alpha value is -3.75. The van der Waals surface area contributed by atoms with E-state index in [0.717, 1.165) is 11.3 Å². The van der Waals surface area contributed by atoms with Crippen LogP contribution in [0.4, 0.5) is 5.69 Å². The molecule has 0 saturated carbocycles. The summed E-state index contributed by atoms with van der Waals surface area (Å²) >= 11 is 0. The number of aliphatic hydroxyl groups is 1. The zero-order valence-electron chi connectivity index (χ0n) is 22.8. The predicted octanol–water partition coefficient (Wildman–Crippen LogP) is 2.79. The molecule has 2 aromatic rings. The number of nitrogens with zero attached hydrogens (tertiary/aromatic N) is 3. The van der Waals surface area contributed by atoms with Crippen LogP contribution < -0.4 is 4.90 Å². The second kappa shape index (κ2) is 10.3. The van der Waals surface area contributed by atoms with Gasteiger partial charge < -0.3 is 24.5 Å². The van der Waals surface area contributed by atoms with Crippen LogP contribution in [0.2, 0.25) is 0 Å². The smallest absolute Gasteiger partial charge is 0.249 e. The molecule has 0 aromatic heterocycles. The number of likely N-dealkylation sites (tertiary alicyclic amines) is 1. The summed E-state index contributed by atoms with van der Waals surface area (Å²) in [7, 11) is 0. The molecule has 4 heterocycles. The van der Waals surface area contributed by atoms with E-state index in [1.54, 1.807) is 9.80 Å². The lowest BCUT2D eigenvalue weighted by Gasteiger charge is -2.39. The molecule has 2 fully saturated rings. The second-order valence-corrected chi connectivity index (χ2v) is 11.4. The Balaban J connectivity index is 1.44. The van der Waals surface area contributed by atoms with Crippen molar-refractivity contribution in [2.24, 2.45) is 17.8 Å². The molecule has 1 unspecified atom stereocenters. The fourth-order valence-electron chi connectivity index (χ4n) is 6.89. The van der Waals surface area contributed by atoms with Crippen LogP contribution >= 0.6 is 0 Å². The normalized spacial score (nSPS) is 30.3. The van der Waals surface area contributed by atoms with Gasteiger partial charge in [-0.15, -0.1) is 0 Å². The van der Waals surface area contributed by atoms with Gasteiger partial charge in [0, 0.05) is 25.3 Å². The molecule has 8 heteroatoms. The van der Waals surface area contributed by atoms with E-state index in [9.17, 15) is 19.5 Å². The molecule has 2 saturated heterocycles. The molecule has 1 N–H and O–H groups in total. The monoisotopic (exact) mass is 541 g/mol. The van der Waals surface area contributed by atoms with Crippen molar-refractivity contribution in [2.45, 2.75) is 44.2 Å². The maximum Gasteiger partial charge on any atom is 0.249 e. The van der Waals surface area contributed by atoms with Crippen LogP contribution in [0.5, 0.6) is 0 Å². The number of hydrogen-bond acceptors (Lipinski definition) is 5. The highest BCUT2D eigenvalue weighted by Gasteiger charge is 2.72. The van der Waals surface area contributed by atoms with Crippen molar-refractivity contribution >= 4 is 23.4 Å². The van der Waals surface area contributed by atoms with E-state index in [4.69, 9.17) is 4.74 Å². The first-order chi connectivity index (χ1) is 19.4. The van der Waals surface area contributed by atoms with Crippen LogP contribution in [-0.4, -0.2) is 76.1 Å². The van der Waals surface area contributed by atoms with Gasteiger partial charge in [-0.1, -0.05) is 86.7 Å². The number of benzene rings is 2. The first-order valence-electron chi connectivity index (χ1n) is 14.0. The van der Waals surface area contributed by atoms with Crippen LogP contribution in [0.25, 0.3) is 0 Å². The molecule has 208 valence electrons. The summed E-state index contributed by atoms with van der Waals surface area (Å²) in [5.74, 6) is -2.57. The molecule has 3 amide bonds. The number of para-hydroxylation sites is 1. The molecule has 4 aliphatic rings. The van der Waals surface area contributed by atoms with E-state index < -0.39 is 35.6 Å². The zero-order valence-corrected chi connectivity index (χ0v) is 22.8. The van der Waals surface area contributed by atoms with E-state index >= 15 is 0 Å². The number of hydrogen-bond donors (Lipinski definition) is 1. The number of anilines is 1. The third-order valence-electron chi connectivity index (χ3n) is 8.78. The van der Waals surface area contributed by atoms with Gasteiger partial charge in [0.25, 0.3) is 0 Å². The minimum atomic E-state index is -1.32. The predicted molar refractivity (Wildman–Crippen MR) is 150 cm³/mol. The van der Waals surface area contributed by atoms with Gasteiger partial charge in [-0.2, -0.15) is 0 Å². The van der Waals surface area contributed by atoms with Gasteiger partial charge in [0.1, 0.15) is 11.6 Å². The number of fused-ring (bicyclic) bond motifs is 2. The van der Waals surface area contributed by atoms with Crippen molar-refractivity contribution in [3.05, 3.63) is 90.5 Å².